The lowest BCUT2D eigenvalue weighted by atomic mass is 10.1. The summed E-state index contributed by atoms with van der Waals surface area (Å²) in [6.45, 7) is 2.13. The first kappa shape index (κ1) is 5.47. The number of rotatable bonds is 1. The minimum Gasteiger partial charge on any atom is -0.454 e. The molecule has 1 aromatic rings. The average molecular weight is 151 g/mol. The molecule has 0 aliphatic carbocycles. The Hall–Kier alpha value is -1.18. The molecule has 2 rings (SSSR count). The van der Waals surface area contributed by atoms with Gasteiger partial charge in [0.05, 0.1) is 0 Å². The molecular weight excluding hydrogens is 140 g/mol. The second kappa shape index (κ2) is 2.46. The molecule has 0 N–H and O–H groups in total. The quantitative estimate of drug-likeness (QED) is 0.611. The number of aryl methyl sites for hydroxylation is 1. The summed E-state index contributed by atoms with van der Waals surface area (Å²) >= 11 is 0. The molecule has 0 radical (unpaired) electrons. The Morgan fingerprint density at radius 3 is 3.09 bits per heavy atom. The van der Waals surface area contributed by atoms with Crippen LogP contribution >= 0.6 is 0 Å². The van der Waals surface area contributed by atoms with Crippen LogP contribution in [0.3, 0.4) is 0 Å². The van der Waals surface area contributed by atoms with Crippen LogP contribution in [-0.2, 0) is 6.40 Å². The zero-order valence-corrected chi connectivity index (χ0v) is 6.33. The molecule has 1 unspecified atom stereocenters. The number of benzene rings is 1. The van der Waals surface area contributed by atoms with Gasteiger partial charge in [-0.2, -0.15) is 0 Å². The molecule has 2 nitrogen and oxygen atoms in total. The summed E-state index contributed by atoms with van der Waals surface area (Å²) in [5.41, 5.74) is 0.958. The molecule has 0 saturated carbocycles. The van der Waals surface area contributed by atoms with Gasteiger partial charge in [0.2, 0.25) is 6.79 Å². The van der Waals surface area contributed by atoms with Gasteiger partial charge in [0.25, 0.3) is 0 Å². The van der Waals surface area contributed by atoms with Crippen LogP contribution in [0.25, 0.3) is 0 Å². The lowest BCUT2D eigenvalue weighted by Gasteiger charge is -1.97. The van der Waals surface area contributed by atoms with E-state index >= 15 is 0 Å². The van der Waals surface area contributed by atoms with E-state index in [-0.39, 0.29) is 6.40 Å². The molecule has 1 atom stereocenters. The predicted molar refractivity (Wildman–Crippen MR) is 41.9 cm³/mol. The molecular formula is C9H10O2. The molecule has 0 saturated heterocycles. The third-order valence-electron chi connectivity index (χ3n) is 1.73. The number of hydrogen-bond acceptors (Lipinski definition) is 2. The monoisotopic (exact) mass is 151 g/mol. The van der Waals surface area contributed by atoms with Crippen molar-refractivity contribution in [1.82, 2.24) is 0 Å². The third kappa shape index (κ3) is 1.04. The van der Waals surface area contributed by atoms with Crippen molar-refractivity contribution in [3.05, 3.63) is 23.8 Å². The van der Waals surface area contributed by atoms with E-state index in [1.165, 1.54) is 0 Å². The molecule has 58 valence electrons. The third-order valence-corrected chi connectivity index (χ3v) is 1.73. The van der Waals surface area contributed by atoms with Gasteiger partial charge in [0, 0.05) is 1.37 Å². The lowest BCUT2D eigenvalue weighted by molar-refractivity contribution is 0.174. The van der Waals surface area contributed by atoms with E-state index < -0.39 is 0 Å². The summed E-state index contributed by atoms with van der Waals surface area (Å²) in [5, 5.41) is 0. The van der Waals surface area contributed by atoms with E-state index in [9.17, 15) is 0 Å². The van der Waals surface area contributed by atoms with Crippen molar-refractivity contribution in [1.29, 1.82) is 0 Å². The minimum absolute atomic E-state index is 0.209. The fourth-order valence-corrected chi connectivity index (χ4v) is 1.09. The minimum atomic E-state index is -0.209. The van der Waals surface area contributed by atoms with Crippen LogP contribution in [0.15, 0.2) is 18.2 Å². The largest absolute Gasteiger partial charge is 0.454 e. The molecule has 1 aliphatic heterocycles. The number of fused-ring (bicyclic) bond motifs is 1. The Bertz CT molecular complexity index is 297. The molecule has 11 heavy (non-hydrogen) atoms. The second-order valence-electron chi connectivity index (χ2n) is 2.40. The first-order valence-corrected chi connectivity index (χ1v) is 3.59. The standard InChI is InChI=1S/C9H10O2/c1-2-7-3-4-8-9(5-7)11-6-10-8/h3-5H,2,6H2,1H3/i2D. The van der Waals surface area contributed by atoms with Gasteiger partial charge < -0.3 is 9.47 Å². The average Bonchev–Trinajstić information content (AvgIpc) is 2.49. The van der Waals surface area contributed by atoms with Crippen LogP contribution < -0.4 is 9.47 Å². The zero-order chi connectivity index (χ0) is 8.55. The first-order chi connectivity index (χ1) is 5.77. The maximum absolute atomic E-state index is 7.49. The van der Waals surface area contributed by atoms with Gasteiger partial charge in [-0.25, -0.2) is 0 Å². The summed E-state index contributed by atoms with van der Waals surface area (Å²) in [4.78, 5) is 0. The fraction of sp³-hybridized carbons (Fsp3) is 0.333. The van der Waals surface area contributed by atoms with Crippen LogP contribution in [-0.4, -0.2) is 6.79 Å². The van der Waals surface area contributed by atoms with Crippen molar-refractivity contribution in [3.63, 3.8) is 0 Å². The van der Waals surface area contributed by atoms with E-state index in [0.717, 1.165) is 17.1 Å². The lowest BCUT2D eigenvalue weighted by Crippen LogP contribution is -1.92. The summed E-state index contributed by atoms with van der Waals surface area (Å²) in [6.07, 6.45) is -0.209. The van der Waals surface area contributed by atoms with Gasteiger partial charge in [-0.1, -0.05) is 13.0 Å². The topological polar surface area (TPSA) is 18.5 Å². The summed E-state index contributed by atoms with van der Waals surface area (Å²) < 4.78 is 17.8. The summed E-state index contributed by atoms with van der Waals surface area (Å²) in [6, 6.07) is 5.61. The van der Waals surface area contributed by atoms with Crippen molar-refractivity contribution in [2.45, 2.75) is 13.3 Å². The summed E-state index contributed by atoms with van der Waals surface area (Å²) in [7, 11) is 0. The van der Waals surface area contributed by atoms with Crippen LogP contribution in [0.5, 0.6) is 11.5 Å². The highest BCUT2D eigenvalue weighted by molar-refractivity contribution is 5.44. The molecule has 0 aromatic heterocycles. The second-order valence-corrected chi connectivity index (χ2v) is 2.40. The Morgan fingerprint density at radius 2 is 2.27 bits per heavy atom. The molecule has 1 aliphatic rings. The van der Waals surface area contributed by atoms with Crippen molar-refractivity contribution in [2.24, 2.45) is 0 Å². The van der Waals surface area contributed by atoms with E-state index in [1.54, 1.807) is 0 Å². The van der Waals surface area contributed by atoms with E-state index in [2.05, 4.69) is 0 Å². The van der Waals surface area contributed by atoms with Gasteiger partial charge in [0.15, 0.2) is 11.5 Å². The Labute approximate surface area is 67.2 Å². The maximum Gasteiger partial charge on any atom is 0.231 e. The van der Waals surface area contributed by atoms with Crippen LogP contribution in [0.4, 0.5) is 0 Å². The number of hydrogen-bond donors (Lipinski definition) is 0. The molecule has 2 heteroatoms. The Kier molecular flexibility index (Phi) is 1.22. The van der Waals surface area contributed by atoms with E-state index in [4.69, 9.17) is 10.8 Å². The van der Waals surface area contributed by atoms with Crippen molar-refractivity contribution in [3.8, 4) is 11.5 Å². The van der Waals surface area contributed by atoms with E-state index in [0.29, 0.717) is 6.79 Å². The van der Waals surface area contributed by atoms with Crippen LogP contribution in [0, 0.1) is 0 Å². The van der Waals surface area contributed by atoms with Crippen LogP contribution in [0.2, 0.25) is 0 Å². The zero-order valence-electron chi connectivity index (χ0n) is 7.33. The predicted octanol–water partition coefficient (Wildman–Crippen LogP) is 1.98. The first-order valence-electron chi connectivity index (χ1n) is 4.17. The highest BCUT2D eigenvalue weighted by atomic mass is 16.7. The highest BCUT2D eigenvalue weighted by Gasteiger charge is 2.11. The Morgan fingerprint density at radius 1 is 1.45 bits per heavy atom. The Balaban J connectivity index is 2.39. The molecule has 0 spiro atoms. The van der Waals surface area contributed by atoms with Crippen molar-refractivity contribution < 1.29 is 10.8 Å². The smallest absolute Gasteiger partial charge is 0.231 e. The van der Waals surface area contributed by atoms with Gasteiger partial charge >= 0.3 is 0 Å². The van der Waals surface area contributed by atoms with Crippen molar-refractivity contribution in [2.75, 3.05) is 6.79 Å². The number of ether oxygens (including phenoxy) is 2. The van der Waals surface area contributed by atoms with Gasteiger partial charge in [0.1, 0.15) is 0 Å². The normalized spacial score (nSPS) is 17.7. The molecule has 0 amide bonds. The van der Waals surface area contributed by atoms with Crippen LogP contribution in [0.1, 0.15) is 13.9 Å². The fourth-order valence-electron chi connectivity index (χ4n) is 1.09. The van der Waals surface area contributed by atoms with Gasteiger partial charge in [-0.05, 0) is 24.1 Å². The molecule has 1 aromatic carbocycles. The molecule has 0 fully saturated rings. The maximum atomic E-state index is 7.49. The molecule has 0 bridgehead atoms. The van der Waals surface area contributed by atoms with E-state index in [1.807, 2.05) is 25.1 Å². The van der Waals surface area contributed by atoms with Gasteiger partial charge in [-0.3, -0.25) is 0 Å². The molecule has 1 heterocycles. The SMILES string of the molecule is [2H]C(C)c1ccc2c(c1)OCO2. The van der Waals surface area contributed by atoms with Crippen molar-refractivity contribution >= 4 is 0 Å². The summed E-state index contributed by atoms with van der Waals surface area (Å²) in [5.74, 6) is 1.53. The highest BCUT2D eigenvalue weighted by Crippen LogP contribution is 2.32. The van der Waals surface area contributed by atoms with Gasteiger partial charge in [-0.15, -0.1) is 0 Å².